The van der Waals surface area contributed by atoms with Crippen LogP contribution >= 0.6 is 11.3 Å². The number of pyridine rings is 1. The fraction of sp³-hybridized carbons (Fsp3) is 0.130. The molecule has 1 N–H and O–H groups in total. The normalized spacial score (nSPS) is 12.7. The molecule has 0 atom stereocenters. The standard InChI is InChI=1S/C23H16N4O4S/c1-12-20-15(10-16(19-3-2-7-29-19)24-22(20)31-27-12)21(28)26-23-25-17(11-32-23)13-4-5-18-14(9-13)6-8-30-18/h2-5,7,9-11H,6,8H2,1H3,(H,25,26,28). The fourth-order valence-electron chi connectivity index (χ4n) is 3.80. The van der Waals surface area contributed by atoms with Gasteiger partial charge in [-0.2, -0.15) is 0 Å². The number of rotatable bonds is 4. The molecule has 6 rings (SSSR count). The summed E-state index contributed by atoms with van der Waals surface area (Å²) in [5.74, 6) is 1.14. The topological polar surface area (TPSA) is 103 Å². The summed E-state index contributed by atoms with van der Waals surface area (Å²) in [6, 6.07) is 11.2. The average Bonchev–Trinajstić information content (AvgIpc) is 3.59. The zero-order chi connectivity index (χ0) is 21.7. The van der Waals surface area contributed by atoms with E-state index >= 15 is 0 Å². The highest BCUT2D eigenvalue weighted by Crippen LogP contribution is 2.33. The number of thiazole rings is 1. The van der Waals surface area contributed by atoms with Crippen LogP contribution in [0.2, 0.25) is 0 Å². The SMILES string of the molecule is Cc1noc2nc(-c3ccco3)cc(C(=O)Nc3nc(-c4ccc5c(c4)CCO5)cs3)c12. The Labute approximate surface area is 185 Å². The number of aromatic nitrogens is 3. The number of benzene rings is 1. The van der Waals surface area contributed by atoms with E-state index in [9.17, 15) is 4.79 Å². The maximum Gasteiger partial charge on any atom is 0.259 e. The largest absolute Gasteiger partial charge is 0.493 e. The van der Waals surface area contributed by atoms with E-state index in [1.165, 1.54) is 16.9 Å². The Balaban J connectivity index is 1.33. The number of carbonyl (C=O) groups is 1. The van der Waals surface area contributed by atoms with Gasteiger partial charge in [0.1, 0.15) is 11.4 Å². The van der Waals surface area contributed by atoms with Gasteiger partial charge in [0.2, 0.25) is 0 Å². The molecule has 5 heterocycles. The summed E-state index contributed by atoms with van der Waals surface area (Å²) in [6.45, 7) is 2.48. The molecule has 5 aromatic rings. The number of aryl methyl sites for hydroxylation is 1. The van der Waals surface area contributed by atoms with Crippen molar-refractivity contribution in [2.24, 2.45) is 0 Å². The minimum Gasteiger partial charge on any atom is -0.493 e. The fourth-order valence-corrected chi connectivity index (χ4v) is 4.51. The first-order valence-electron chi connectivity index (χ1n) is 9.99. The van der Waals surface area contributed by atoms with Crippen molar-refractivity contribution in [3.8, 4) is 28.5 Å². The molecule has 0 fully saturated rings. The summed E-state index contributed by atoms with van der Waals surface area (Å²) in [6.07, 6.45) is 2.44. The third-order valence-electron chi connectivity index (χ3n) is 5.35. The van der Waals surface area contributed by atoms with E-state index in [1.54, 1.807) is 31.4 Å². The maximum absolute atomic E-state index is 13.2. The van der Waals surface area contributed by atoms with Gasteiger partial charge in [-0.1, -0.05) is 5.16 Å². The van der Waals surface area contributed by atoms with Gasteiger partial charge in [-0.15, -0.1) is 11.3 Å². The van der Waals surface area contributed by atoms with Crippen LogP contribution in [0.25, 0.3) is 33.8 Å². The number of hydrogen-bond acceptors (Lipinski definition) is 8. The Morgan fingerprint density at radius 1 is 1.16 bits per heavy atom. The Morgan fingerprint density at radius 2 is 2.09 bits per heavy atom. The molecule has 0 aliphatic carbocycles. The van der Waals surface area contributed by atoms with E-state index < -0.39 is 0 Å². The van der Waals surface area contributed by atoms with E-state index in [0.29, 0.717) is 39.8 Å². The molecule has 1 aromatic carbocycles. The smallest absolute Gasteiger partial charge is 0.259 e. The number of amides is 1. The summed E-state index contributed by atoms with van der Waals surface area (Å²) >= 11 is 1.37. The predicted octanol–water partition coefficient (Wildman–Crippen LogP) is 5.10. The van der Waals surface area contributed by atoms with E-state index in [4.69, 9.17) is 13.7 Å². The predicted molar refractivity (Wildman–Crippen MR) is 119 cm³/mol. The summed E-state index contributed by atoms with van der Waals surface area (Å²) in [4.78, 5) is 22.3. The van der Waals surface area contributed by atoms with Crippen molar-refractivity contribution in [3.05, 3.63) is 64.9 Å². The van der Waals surface area contributed by atoms with Gasteiger partial charge in [0, 0.05) is 17.4 Å². The molecule has 158 valence electrons. The van der Waals surface area contributed by atoms with Crippen molar-refractivity contribution in [1.29, 1.82) is 0 Å². The van der Waals surface area contributed by atoms with Crippen LogP contribution in [0.1, 0.15) is 21.6 Å². The highest BCUT2D eigenvalue weighted by molar-refractivity contribution is 7.14. The zero-order valence-corrected chi connectivity index (χ0v) is 17.7. The molecule has 8 nitrogen and oxygen atoms in total. The van der Waals surface area contributed by atoms with Gasteiger partial charge in [0.25, 0.3) is 11.6 Å². The molecule has 9 heteroatoms. The molecule has 1 aliphatic heterocycles. The van der Waals surface area contributed by atoms with E-state index in [1.807, 2.05) is 17.5 Å². The van der Waals surface area contributed by atoms with Gasteiger partial charge in [0.05, 0.1) is 35.2 Å². The van der Waals surface area contributed by atoms with Gasteiger partial charge in [0.15, 0.2) is 10.9 Å². The Hall–Kier alpha value is -3.98. The lowest BCUT2D eigenvalue weighted by molar-refractivity contribution is 0.102. The summed E-state index contributed by atoms with van der Waals surface area (Å²) < 4.78 is 16.3. The van der Waals surface area contributed by atoms with Crippen LogP contribution in [0.3, 0.4) is 0 Å². The van der Waals surface area contributed by atoms with Crippen LogP contribution in [0.4, 0.5) is 5.13 Å². The first-order chi connectivity index (χ1) is 15.7. The van der Waals surface area contributed by atoms with Gasteiger partial charge < -0.3 is 13.7 Å². The van der Waals surface area contributed by atoms with Crippen LogP contribution in [0, 0.1) is 6.92 Å². The van der Waals surface area contributed by atoms with Crippen LogP contribution in [-0.4, -0.2) is 27.6 Å². The molecule has 1 amide bonds. The lowest BCUT2D eigenvalue weighted by Crippen LogP contribution is -2.13. The molecule has 1 aliphatic rings. The molecule has 0 radical (unpaired) electrons. The lowest BCUT2D eigenvalue weighted by atomic mass is 10.1. The van der Waals surface area contributed by atoms with Crippen molar-refractivity contribution < 1.29 is 18.5 Å². The molecule has 4 aromatic heterocycles. The molecule has 0 saturated heterocycles. The van der Waals surface area contributed by atoms with Crippen molar-refractivity contribution in [3.63, 3.8) is 0 Å². The maximum atomic E-state index is 13.2. The second kappa shape index (κ2) is 7.31. The molecule has 0 bridgehead atoms. The third-order valence-corrected chi connectivity index (χ3v) is 6.10. The van der Waals surface area contributed by atoms with Gasteiger partial charge in [-0.3, -0.25) is 10.1 Å². The number of fused-ring (bicyclic) bond motifs is 2. The van der Waals surface area contributed by atoms with Gasteiger partial charge in [-0.05, 0) is 48.9 Å². The second-order valence-electron chi connectivity index (χ2n) is 7.39. The number of anilines is 1. The lowest BCUT2D eigenvalue weighted by Gasteiger charge is -2.05. The van der Waals surface area contributed by atoms with Crippen molar-refractivity contribution in [2.45, 2.75) is 13.3 Å². The number of nitrogens with one attached hydrogen (secondary N) is 1. The van der Waals surface area contributed by atoms with E-state index in [2.05, 4.69) is 26.5 Å². The minimum absolute atomic E-state index is 0.279. The Kier molecular flexibility index (Phi) is 4.29. The summed E-state index contributed by atoms with van der Waals surface area (Å²) in [7, 11) is 0. The van der Waals surface area contributed by atoms with Crippen molar-refractivity contribution in [2.75, 3.05) is 11.9 Å². The molecular weight excluding hydrogens is 428 g/mol. The summed E-state index contributed by atoms with van der Waals surface area (Å²) in [5, 5.41) is 9.86. The monoisotopic (exact) mass is 444 g/mol. The summed E-state index contributed by atoms with van der Waals surface area (Å²) in [5.41, 5.74) is 4.72. The van der Waals surface area contributed by atoms with Crippen LogP contribution in [0.5, 0.6) is 5.75 Å². The number of ether oxygens (including phenoxy) is 1. The Bertz CT molecular complexity index is 1470. The number of carbonyl (C=O) groups excluding carboxylic acids is 1. The number of nitrogens with zero attached hydrogens (tertiary/aromatic N) is 3. The van der Waals surface area contributed by atoms with Crippen molar-refractivity contribution >= 4 is 33.5 Å². The second-order valence-corrected chi connectivity index (χ2v) is 8.25. The van der Waals surface area contributed by atoms with Gasteiger partial charge in [-0.25, -0.2) is 9.97 Å². The van der Waals surface area contributed by atoms with Crippen LogP contribution < -0.4 is 10.1 Å². The molecule has 0 unspecified atom stereocenters. The molecular formula is C23H16N4O4S. The Morgan fingerprint density at radius 3 is 2.97 bits per heavy atom. The molecule has 32 heavy (non-hydrogen) atoms. The van der Waals surface area contributed by atoms with Gasteiger partial charge >= 0.3 is 0 Å². The third kappa shape index (κ3) is 3.14. The number of furan rings is 1. The highest BCUT2D eigenvalue weighted by atomic mass is 32.1. The molecule has 0 saturated carbocycles. The van der Waals surface area contributed by atoms with Crippen LogP contribution in [-0.2, 0) is 6.42 Å². The van der Waals surface area contributed by atoms with Crippen LogP contribution in [0.15, 0.2) is 57.0 Å². The first-order valence-corrected chi connectivity index (χ1v) is 10.9. The number of hydrogen-bond donors (Lipinski definition) is 1. The molecule has 0 spiro atoms. The van der Waals surface area contributed by atoms with E-state index in [0.717, 1.165) is 23.4 Å². The zero-order valence-electron chi connectivity index (χ0n) is 16.9. The minimum atomic E-state index is -0.320. The van der Waals surface area contributed by atoms with E-state index in [-0.39, 0.29) is 11.6 Å². The average molecular weight is 444 g/mol. The quantitative estimate of drug-likeness (QED) is 0.411. The first kappa shape index (κ1) is 18.8. The highest BCUT2D eigenvalue weighted by Gasteiger charge is 2.21. The van der Waals surface area contributed by atoms with Crippen molar-refractivity contribution in [1.82, 2.24) is 15.1 Å².